The van der Waals surface area contributed by atoms with Crippen LogP contribution in [0.3, 0.4) is 0 Å². The topological polar surface area (TPSA) is 60.0 Å². The van der Waals surface area contributed by atoms with E-state index >= 15 is 0 Å². The Balaban J connectivity index is -0.0000000267. The summed E-state index contributed by atoms with van der Waals surface area (Å²) in [5.41, 5.74) is 0. The van der Waals surface area contributed by atoms with E-state index in [-0.39, 0.29) is 23.4 Å². The Labute approximate surface area is 70.2 Å². The van der Waals surface area contributed by atoms with Gasteiger partial charge in [0.05, 0.1) is 0 Å². The first-order valence-electron chi connectivity index (χ1n) is 1.92. The van der Waals surface area contributed by atoms with Crippen LogP contribution in [0.1, 0.15) is 13.8 Å². The van der Waals surface area contributed by atoms with Crippen LogP contribution in [-0.4, -0.2) is 33.5 Å². The minimum atomic E-state index is 0. The molecule has 0 aliphatic heterocycles. The van der Waals surface area contributed by atoms with Gasteiger partial charge in [0, 0.05) is 0 Å². The molecule has 0 amide bonds. The third kappa shape index (κ3) is 28.0. The largest absolute Gasteiger partial charge is 1.00 e. The summed E-state index contributed by atoms with van der Waals surface area (Å²) in [6.07, 6.45) is 0. The molecule has 0 aliphatic rings. The number of hydrogen-bond donors (Lipinski definition) is 0. The van der Waals surface area contributed by atoms with Gasteiger partial charge in [0.1, 0.15) is 0 Å². The summed E-state index contributed by atoms with van der Waals surface area (Å²) in [4.78, 5) is 0. The molecule has 0 heterocycles. The summed E-state index contributed by atoms with van der Waals surface area (Å²) in [6, 6.07) is 0. The predicted molar refractivity (Wildman–Crippen MR) is 29.3 cm³/mol. The normalized spacial score (nSPS) is 6.12. The van der Waals surface area contributed by atoms with Gasteiger partial charge in [-0.25, -0.2) is 0 Å². The van der Waals surface area contributed by atoms with Crippen LogP contribution < -0.4 is 12.4 Å². The molecule has 0 rings (SSSR count). The van der Waals surface area contributed by atoms with Crippen molar-refractivity contribution in [3.8, 4) is 0 Å². The summed E-state index contributed by atoms with van der Waals surface area (Å²) < 4.78 is 1.40. The summed E-state index contributed by atoms with van der Waals surface area (Å²) in [5, 5.41) is 0. The zero-order valence-corrected chi connectivity index (χ0v) is 8.67. The van der Waals surface area contributed by atoms with Crippen molar-refractivity contribution in [1.82, 2.24) is 0 Å². The molecule has 0 aliphatic carbocycles. The van der Waals surface area contributed by atoms with Crippen LogP contribution in [-0.2, 0) is 0 Å². The second kappa shape index (κ2) is 15.7. The maximum absolute atomic E-state index is 2.24. The average Bonchev–Trinajstić information content (AvgIpc) is 1.38. The number of rotatable bonds is 1. The molecule has 2 nitrogen and oxygen atoms in total. The van der Waals surface area contributed by atoms with Crippen molar-refractivity contribution >= 4 is 22.5 Å². The second-order valence-electron chi connectivity index (χ2n) is 1.60. The number of hydrogen-bond acceptors (Lipinski definition) is 2. The Morgan fingerprint density at radius 2 is 1.38 bits per heavy atom. The Kier molecular flexibility index (Phi) is 45.1. The predicted octanol–water partition coefficient (Wildman–Crippen LogP) is -2.12. The molecule has 0 radical (unpaired) electrons. The SMILES string of the molecule is CC(C)[CH2][Sn+3].[Cl-].[OH-].[OH-]. The van der Waals surface area contributed by atoms with E-state index in [9.17, 15) is 0 Å². The minimum Gasteiger partial charge on any atom is -1.00 e. The van der Waals surface area contributed by atoms with Crippen molar-refractivity contribution in [2.45, 2.75) is 18.3 Å². The van der Waals surface area contributed by atoms with E-state index in [1.807, 2.05) is 0 Å². The fourth-order valence-electron chi connectivity index (χ4n) is 0. The van der Waals surface area contributed by atoms with Crippen LogP contribution in [0, 0.1) is 5.92 Å². The molecule has 50 valence electrons. The fraction of sp³-hybridized carbons (Fsp3) is 1.00. The van der Waals surface area contributed by atoms with Crippen molar-refractivity contribution in [2.24, 2.45) is 5.92 Å². The summed E-state index contributed by atoms with van der Waals surface area (Å²) in [5.74, 6) is 0.924. The van der Waals surface area contributed by atoms with Gasteiger partial charge < -0.3 is 23.4 Å². The summed E-state index contributed by atoms with van der Waals surface area (Å²) in [7, 11) is 0. The van der Waals surface area contributed by atoms with Gasteiger partial charge in [-0.3, -0.25) is 0 Å². The summed E-state index contributed by atoms with van der Waals surface area (Å²) in [6.45, 7) is 4.49. The van der Waals surface area contributed by atoms with Crippen LogP contribution in [0.2, 0.25) is 4.44 Å². The average molecular weight is 245 g/mol. The van der Waals surface area contributed by atoms with Crippen molar-refractivity contribution in [2.75, 3.05) is 0 Å². The van der Waals surface area contributed by atoms with E-state index < -0.39 is 0 Å². The maximum atomic E-state index is 2.24. The smallest absolute Gasteiger partial charge is 0.870 e. The van der Waals surface area contributed by atoms with E-state index in [1.165, 1.54) is 4.44 Å². The fourth-order valence-corrected chi connectivity index (χ4v) is 0. The molecule has 8 heavy (non-hydrogen) atoms. The Hall–Kier alpha value is 1.01. The van der Waals surface area contributed by atoms with Crippen molar-refractivity contribution in [1.29, 1.82) is 0 Å². The van der Waals surface area contributed by atoms with Crippen LogP contribution in [0.25, 0.3) is 0 Å². The number of halogens is 1. The van der Waals surface area contributed by atoms with E-state index in [4.69, 9.17) is 0 Å². The Morgan fingerprint density at radius 1 is 1.25 bits per heavy atom. The minimum absolute atomic E-state index is 0. The third-order valence-electron chi connectivity index (χ3n) is 0.408. The van der Waals surface area contributed by atoms with Gasteiger partial charge >= 0.3 is 46.7 Å². The van der Waals surface area contributed by atoms with Crippen molar-refractivity contribution in [3.63, 3.8) is 0 Å². The van der Waals surface area contributed by atoms with Crippen LogP contribution >= 0.6 is 0 Å². The molecule has 0 spiro atoms. The first-order chi connectivity index (χ1) is 2.27. The molecule has 0 aromatic rings. The molecule has 0 bridgehead atoms. The van der Waals surface area contributed by atoms with Gasteiger partial charge in [0.15, 0.2) is 0 Å². The van der Waals surface area contributed by atoms with Crippen LogP contribution in [0.15, 0.2) is 0 Å². The molecule has 0 saturated heterocycles. The molecule has 0 saturated carbocycles. The second-order valence-corrected chi connectivity index (χ2v) is 2.76. The molecular weight excluding hydrogens is 234 g/mol. The molecular formula is C4H11ClO2Sn. The third-order valence-corrected chi connectivity index (χ3v) is 2.74. The van der Waals surface area contributed by atoms with Gasteiger partial charge in [-0.05, 0) is 0 Å². The first kappa shape index (κ1) is 23.0. The molecule has 4 heteroatoms. The van der Waals surface area contributed by atoms with Gasteiger partial charge in [0.25, 0.3) is 0 Å². The standard InChI is InChI=1S/C4H9.ClH.2H2O.Sn/c1-4(2)3;;;;/h4H,1H2,2-3H3;1H;2*1H2;/q;;;;+3/p-3. The van der Waals surface area contributed by atoms with E-state index in [2.05, 4.69) is 13.8 Å². The molecule has 0 aromatic heterocycles. The van der Waals surface area contributed by atoms with Gasteiger partial charge in [-0.15, -0.1) is 0 Å². The van der Waals surface area contributed by atoms with E-state index in [1.54, 1.807) is 22.5 Å². The van der Waals surface area contributed by atoms with Gasteiger partial charge in [-0.1, -0.05) is 0 Å². The van der Waals surface area contributed by atoms with E-state index in [0.29, 0.717) is 0 Å². The maximum Gasteiger partial charge on any atom is -0.870 e. The van der Waals surface area contributed by atoms with Gasteiger partial charge in [0.2, 0.25) is 0 Å². The molecule has 0 unspecified atom stereocenters. The first-order valence-corrected chi connectivity index (χ1v) is 3.93. The Bertz CT molecular complexity index is 28.0. The van der Waals surface area contributed by atoms with E-state index in [0.717, 1.165) is 5.92 Å². The monoisotopic (exact) mass is 246 g/mol. The van der Waals surface area contributed by atoms with Gasteiger partial charge in [-0.2, -0.15) is 0 Å². The Morgan fingerprint density at radius 3 is 1.38 bits per heavy atom. The van der Waals surface area contributed by atoms with Crippen molar-refractivity contribution < 1.29 is 23.4 Å². The van der Waals surface area contributed by atoms with Crippen molar-refractivity contribution in [3.05, 3.63) is 0 Å². The molecule has 0 aromatic carbocycles. The van der Waals surface area contributed by atoms with Crippen LogP contribution in [0.4, 0.5) is 0 Å². The molecule has 0 fully saturated rings. The zero-order chi connectivity index (χ0) is 4.28. The zero-order valence-electron chi connectivity index (χ0n) is 5.06. The molecule has 0 atom stereocenters. The molecule has 2 N–H and O–H groups in total. The quantitative estimate of drug-likeness (QED) is 0.496. The summed E-state index contributed by atoms with van der Waals surface area (Å²) >= 11 is 1.66. The van der Waals surface area contributed by atoms with Crippen LogP contribution in [0.5, 0.6) is 0 Å².